The topological polar surface area (TPSA) is 86.8 Å². The lowest BCUT2D eigenvalue weighted by atomic mass is 10.0. The van der Waals surface area contributed by atoms with E-state index >= 15 is 0 Å². The molecule has 37 heavy (non-hydrogen) atoms. The molecule has 1 N–H and O–H groups in total. The van der Waals surface area contributed by atoms with Crippen LogP contribution in [0.15, 0.2) is 72.8 Å². The molecule has 0 fully saturated rings. The standard InChI is InChI=1S/C27H29Cl2N3O4S/c1-19-23(29)10-7-11-24(19)32(37(3,35)36)18-26(33)31(17-21-12-14-22(28)15-13-21)25(27(34)30-2)16-20-8-5-4-6-9-20/h4-15,25H,16-18H2,1-3H3,(H,30,34). The molecular formula is C27H29Cl2N3O4S. The van der Waals surface area contributed by atoms with Crippen LogP contribution in [0.5, 0.6) is 0 Å². The summed E-state index contributed by atoms with van der Waals surface area (Å²) in [5, 5.41) is 3.56. The van der Waals surface area contributed by atoms with Crippen molar-refractivity contribution in [1.82, 2.24) is 10.2 Å². The molecule has 0 radical (unpaired) electrons. The van der Waals surface area contributed by atoms with Crippen molar-refractivity contribution in [3.05, 3.63) is 99.5 Å². The third-order valence-electron chi connectivity index (χ3n) is 5.97. The quantitative estimate of drug-likeness (QED) is 0.396. The van der Waals surface area contributed by atoms with Crippen molar-refractivity contribution < 1.29 is 18.0 Å². The molecule has 196 valence electrons. The lowest BCUT2D eigenvalue weighted by Crippen LogP contribution is -2.53. The molecule has 0 heterocycles. The van der Waals surface area contributed by atoms with Crippen molar-refractivity contribution in [3.63, 3.8) is 0 Å². The number of sulfonamides is 1. The van der Waals surface area contributed by atoms with Crippen molar-refractivity contribution in [2.75, 3.05) is 24.2 Å². The Kier molecular flexibility index (Phi) is 9.59. The Balaban J connectivity index is 2.05. The number of hydrogen-bond acceptors (Lipinski definition) is 4. The number of carbonyl (C=O) groups excluding carboxylic acids is 2. The van der Waals surface area contributed by atoms with E-state index in [1.807, 2.05) is 30.3 Å². The van der Waals surface area contributed by atoms with E-state index in [0.29, 0.717) is 21.3 Å². The fourth-order valence-electron chi connectivity index (χ4n) is 3.97. The molecule has 3 aromatic carbocycles. The first-order valence-corrected chi connectivity index (χ1v) is 14.1. The van der Waals surface area contributed by atoms with Crippen LogP contribution >= 0.6 is 23.2 Å². The maximum absolute atomic E-state index is 13.9. The van der Waals surface area contributed by atoms with Crippen LogP contribution in [-0.4, -0.2) is 51.0 Å². The molecule has 2 amide bonds. The maximum Gasteiger partial charge on any atom is 0.244 e. The predicted octanol–water partition coefficient (Wildman–Crippen LogP) is 4.45. The molecule has 0 aliphatic heterocycles. The van der Waals surface area contributed by atoms with E-state index in [1.165, 1.54) is 11.9 Å². The van der Waals surface area contributed by atoms with Crippen LogP contribution in [0.4, 0.5) is 5.69 Å². The lowest BCUT2D eigenvalue weighted by Gasteiger charge is -2.33. The predicted molar refractivity (Wildman–Crippen MR) is 148 cm³/mol. The Morgan fingerprint density at radius 1 is 0.919 bits per heavy atom. The number of nitrogens with one attached hydrogen (secondary N) is 1. The molecule has 1 unspecified atom stereocenters. The van der Waals surface area contributed by atoms with E-state index in [9.17, 15) is 18.0 Å². The van der Waals surface area contributed by atoms with Crippen LogP contribution in [0.3, 0.4) is 0 Å². The molecule has 0 saturated heterocycles. The Bertz CT molecular complexity index is 1350. The first-order valence-electron chi connectivity index (χ1n) is 11.5. The summed E-state index contributed by atoms with van der Waals surface area (Å²) in [5.74, 6) is -0.903. The second-order valence-electron chi connectivity index (χ2n) is 8.62. The third-order valence-corrected chi connectivity index (χ3v) is 7.76. The monoisotopic (exact) mass is 561 g/mol. The molecule has 3 rings (SSSR count). The lowest BCUT2D eigenvalue weighted by molar-refractivity contribution is -0.139. The molecule has 10 heteroatoms. The summed E-state index contributed by atoms with van der Waals surface area (Å²) in [6.45, 7) is 1.26. The van der Waals surface area contributed by atoms with Gasteiger partial charge in [0.2, 0.25) is 21.8 Å². The number of rotatable bonds is 10. The van der Waals surface area contributed by atoms with Gasteiger partial charge in [0.25, 0.3) is 0 Å². The summed E-state index contributed by atoms with van der Waals surface area (Å²) in [5.41, 5.74) is 2.42. The molecule has 0 aromatic heterocycles. The molecule has 0 aliphatic rings. The van der Waals surface area contributed by atoms with E-state index in [1.54, 1.807) is 49.4 Å². The Morgan fingerprint density at radius 3 is 2.16 bits per heavy atom. The minimum absolute atomic E-state index is 0.0764. The van der Waals surface area contributed by atoms with Gasteiger partial charge < -0.3 is 10.2 Å². The molecule has 0 saturated carbocycles. The second-order valence-corrected chi connectivity index (χ2v) is 11.4. The first-order chi connectivity index (χ1) is 17.5. The number of nitrogens with zero attached hydrogens (tertiary/aromatic N) is 2. The van der Waals surface area contributed by atoms with Gasteiger partial charge in [-0.3, -0.25) is 13.9 Å². The van der Waals surface area contributed by atoms with E-state index in [0.717, 1.165) is 21.7 Å². The number of likely N-dealkylation sites (N-methyl/N-ethyl adjacent to an activating group) is 1. The van der Waals surface area contributed by atoms with Crippen LogP contribution < -0.4 is 9.62 Å². The number of anilines is 1. The Hall–Kier alpha value is -3.07. The Morgan fingerprint density at radius 2 is 1.57 bits per heavy atom. The Labute approximate surface area is 228 Å². The summed E-state index contributed by atoms with van der Waals surface area (Å²) < 4.78 is 26.7. The number of halogens is 2. The highest BCUT2D eigenvalue weighted by Crippen LogP contribution is 2.28. The van der Waals surface area contributed by atoms with Gasteiger partial charge in [0, 0.05) is 30.1 Å². The smallest absolute Gasteiger partial charge is 0.244 e. The maximum atomic E-state index is 13.9. The fourth-order valence-corrected chi connectivity index (χ4v) is 5.16. The van der Waals surface area contributed by atoms with Gasteiger partial charge in [-0.1, -0.05) is 71.7 Å². The molecule has 0 aliphatic carbocycles. The highest BCUT2D eigenvalue weighted by molar-refractivity contribution is 7.92. The van der Waals surface area contributed by atoms with E-state index in [4.69, 9.17) is 23.2 Å². The van der Waals surface area contributed by atoms with Gasteiger partial charge in [-0.25, -0.2) is 8.42 Å². The van der Waals surface area contributed by atoms with Crippen LogP contribution in [0.1, 0.15) is 16.7 Å². The minimum Gasteiger partial charge on any atom is -0.357 e. The van der Waals surface area contributed by atoms with E-state index in [-0.39, 0.29) is 18.9 Å². The second kappa shape index (κ2) is 12.4. The van der Waals surface area contributed by atoms with Crippen molar-refractivity contribution in [3.8, 4) is 0 Å². The minimum atomic E-state index is -3.87. The summed E-state index contributed by atoms with van der Waals surface area (Å²) in [7, 11) is -2.36. The molecular weight excluding hydrogens is 533 g/mol. The average molecular weight is 563 g/mol. The van der Waals surface area contributed by atoms with Gasteiger partial charge in [-0.05, 0) is 47.9 Å². The molecule has 1 atom stereocenters. The molecule has 7 nitrogen and oxygen atoms in total. The molecule has 0 spiro atoms. The van der Waals surface area contributed by atoms with Crippen molar-refractivity contribution in [2.45, 2.75) is 25.9 Å². The van der Waals surface area contributed by atoms with Gasteiger partial charge in [-0.2, -0.15) is 0 Å². The van der Waals surface area contributed by atoms with E-state index < -0.39 is 28.5 Å². The highest BCUT2D eigenvalue weighted by Gasteiger charge is 2.33. The fraction of sp³-hybridized carbons (Fsp3) is 0.259. The van der Waals surface area contributed by atoms with Crippen molar-refractivity contribution in [1.29, 1.82) is 0 Å². The largest absolute Gasteiger partial charge is 0.357 e. The summed E-state index contributed by atoms with van der Waals surface area (Å²) in [6.07, 6.45) is 1.28. The summed E-state index contributed by atoms with van der Waals surface area (Å²) in [6, 6.07) is 20.2. The highest BCUT2D eigenvalue weighted by atomic mass is 35.5. The average Bonchev–Trinajstić information content (AvgIpc) is 2.87. The van der Waals surface area contributed by atoms with Crippen molar-refractivity contribution in [2.24, 2.45) is 0 Å². The molecule has 0 bridgehead atoms. The summed E-state index contributed by atoms with van der Waals surface area (Å²) >= 11 is 12.3. The molecule has 3 aromatic rings. The van der Waals surface area contributed by atoms with Gasteiger partial charge >= 0.3 is 0 Å². The zero-order valence-corrected chi connectivity index (χ0v) is 23.1. The van der Waals surface area contributed by atoms with E-state index in [2.05, 4.69) is 5.32 Å². The SMILES string of the molecule is CNC(=O)C(Cc1ccccc1)N(Cc1ccc(Cl)cc1)C(=O)CN(c1cccc(Cl)c1C)S(C)(=O)=O. The number of hydrogen-bond donors (Lipinski definition) is 1. The van der Waals surface area contributed by atoms with Crippen LogP contribution in [0.25, 0.3) is 0 Å². The van der Waals surface area contributed by atoms with Crippen molar-refractivity contribution >= 4 is 50.7 Å². The van der Waals surface area contributed by atoms with Gasteiger partial charge in [-0.15, -0.1) is 0 Å². The first kappa shape index (κ1) is 28.5. The zero-order chi connectivity index (χ0) is 27.2. The van der Waals surface area contributed by atoms with Crippen LogP contribution in [0, 0.1) is 6.92 Å². The van der Waals surface area contributed by atoms with Crippen LogP contribution in [0.2, 0.25) is 10.0 Å². The number of amides is 2. The number of carbonyl (C=O) groups is 2. The van der Waals surface area contributed by atoms with Gasteiger partial charge in [0.05, 0.1) is 11.9 Å². The van der Waals surface area contributed by atoms with Gasteiger partial charge in [0.1, 0.15) is 12.6 Å². The van der Waals surface area contributed by atoms with Crippen LogP contribution in [-0.2, 0) is 32.6 Å². The summed E-state index contributed by atoms with van der Waals surface area (Å²) in [4.78, 5) is 28.4. The zero-order valence-electron chi connectivity index (χ0n) is 20.8. The normalized spacial score (nSPS) is 12.0. The van der Waals surface area contributed by atoms with Gasteiger partial charge in [0.15, 0.2) is 0 Å². The third kappa shape index (κ3) is 7.47. The number of benzene rings is 3.